The monoisotopic (exact) mass is 725 g/mol. The van der Waals surface area contributed by atoms with Crippen LogP contribution in [0.1, 0.15) is 108 Å². The third-order valence-corrected chi connectivity index (χ3v) is 13.4. The molecule has 0 radical (unpaired) electrons. The average molecular weight is 726 g/mol. The number of likely N-dealkylation sites (N-methyl/N-ethyl adjacent to an activating group) is 1. The van der Waals surface area contributed by atoms with E-state index in [1.165, 1.54) is 0 Å². The van der Waals surface area contributed by atoms with Gasteiger partial charge < -0.3 is 48.8 Å². The van der Waals surface area contributed by atoms with E-state index < -0.39 is 83.4 Å². The summed E-state index contributed by atoms with van der Waals surface area (Å²) in [6, 6.07) is 0.00522. The van der Waals surface area contributed by atoms with Gasteiger partial charge in [0.05, 0.1) is 41.9 Å². The van der Waals surface area contributed by atoms with Crippen molar-refractivity contribution in [2.75, 3.05) is 14.2 Å². The summed E-state index contributed by atoms with van der Waals surface area (Å²) in [5.74, 6) is -1.69. The molecule has 4 heterocycles. The number of rotatable bonds is 9. The number of nitrogens with zero attached hydrogens (tertiary/aromatic N) is 1. The number of aliphatic hydroxyl groups is 4. The molecule has 0 spiro atoms. The van der Waals surface area contributed by atoms with Gasteiger partial charge in [0.1, 0.15) is 41.4 Å². The number of ether oxygens (including phenoxy) is 6. The van der Waals surface area contributed by atoms with Gasteiger partial charge in [0.2, 0.25) is 0 Å². The zero-order valence-electron chi connectivity index (χ0n) is 33.0. The number of hydrogen-bond acceptors (Lipinski definition) is 12. The van der Waals surface area contributed by atoms with Crippen molar-refractivity contribution in [2.24, 2.45) is 23.7 Å². The molecular formula is C39H67NO11. The number of esters is 1. The van der Waals surface area contributed by atoms with Crippen molar-refractivity contribution in [3.8, 4) is 0 Å². The van der Waals surface area contributed by atoms with Crippen molar-refractivity contribution in [1.82, 2.24) is 4.90 Å². The highest BCUT2D eigenvalue weighted by atomic mass is 16.7. The molecule has 4 fully saturated rings. The van der Waals surface area contributed by atoms with Crippen molar-refractivity contribution in [1.29, 1.82) is 0 Å². The van der Waals surface area contributed by atoms with Gasteiger partial charge in [0.15, 0.2) is 6.29 Å². The maximum absolute atomic E-state index is 14.3. The van der Waals surface area contributed by atoms with Crippen molar-refractivity contribution < 1.29 is 53.6 Å². The molecule has 1 unspecified atom stereocenters. The smallest absolute Gasteiger partial charge is 0.309 e. The molecule has 0 aromatic rings. The second kappa shape index (κ2) is 15.1. The average Bonchev–Trinajstić information content (AvgIpc) is 3.38. The van der Waals surface area contributed by atoms with E-state index in [4.69, 9.17) is 28.4 Å². The lowest BCUT2D eigenvalue weighted by Crippen LogP contribution is -2.67. The zero-order valence-corrected chi connectivity index (χ0v) is 33.0. The fraction of sp³-hybridized carbons (Fsp3) is 0.923. The molecule has 4 aliphatic heterocycles. The van der Waals surface area contributed by atoms with Crippen molar-refractivity contribution in [3.63, 3.8) is 0 Å². The van der Waals surface area contributed by atoms with E-state index in [9.17, 15) is 25.2 Å². The summed E-state index contributed by atoms with van der Waals surface area (Å²) in [5, 5.41) is 45.4. The summed E-state index contributed by atoms with van der Waals surface area (Å²) in [6.45, 7) is 19.6. The molecule has 0 amide bonds. The summed E-state index contributed by atoms with van der Waals surface area (Å²) in [4.78, 5) is 16.4. The highest BCUT2D eigenvalue weighted by Crippen LogP contribution is 2.55. The summed E-state index contributed by atoms with van der Waals surface area (Å²) in [7, 11) is 3.60. The normalized spacial score (nSPS) is 48.4. The molecule has 3 saturated heterocycles. The number of aliphatic hydroxyl groups excluding tert-OH is 3. The number of carbonyl (C=O) groups is 1. The first-order chi connectivity index (χ1) is 23.7. The molecular weight excluding hydrogens is 658 g/mol. The first-order valence-electron chi connectivity index (χ1n) is 19.3. The molecule has 5 rings (SSSR count). The second-order valence-electron chi connectivity index (χ2n) is 17.4. The van der Waals surface area contributed by atoms with Gasteiger partial charge >= 0.3 is 5.97 Å². The first kappa shape index (κ1) is 40.8. The van der Waals surface area contributed by atoms with Crippen LogP contribution in [-0.2, 0) is 33.2 Å². The van der Waals surface area contributed by atoms with E-state index in [1.54, 1.807) is 14.0 Å². The summed E-state index contributed by atoms with van der Waals surface area (Å²) >= 11 is 0. The molecule has 17 atom stereocenters. The zero-order chi connectivity index (χ0) is 38.0. The van der Waals surface area contributed by atoms with Gasteiger partial charge in [0, 0.05) is 32.0 Å². The van der Waals surface area contributed by atoms with Gasteiger partial charge in [-0.3, -0.25) is 9.69 Å². The molecule has 5 aliphatic rings. The Kier molecular flexibility index (Phi) is 12.1. The number of carbonyl (C=O) groups excluding carboxylic acids is 1. The molecule has 12 nitrogen and oxygen atoms in total. The molecule has 1 saturated carbocycles. The van der Waals surface area contributed by atoms with Gasteiger partial charge in [-0.15, -0.1) is 0 Å². The Morgan fingerprint density at radius 2 is 1.75 bits per heavy atom. The van der Waals surface area contributed by atoms with Crippen LogP contribution in [0.4, 0.5) is 0 Å². The van der Waals surface area contributed by atoms with Crippen LogP contribution in [0, 0.1) is 23.7 Å². The number of methoxy groups -OCH3 is 1. The van der Waals surface area contributed by atoms with Crippen molar-refractivity contribution in [3.05, 3.63) is 11.3 Å². The Morgan fingerprint density at radius 1 is 1.08 bits per heavy atom. The molecule has 0 aromatic carbocycles. The lowest BCUT2D eigenvalue weighted by molar-refractivity contribution is -0.299. The molecule has 4 N–H and O–H groups in total. The molecule has 1 aliphatic carbocycles. The fourth-order valence-corrected chi connectivity index (χ4v) is 9.94. The van der Waals surface area contributed by atoms with Crippen molar-refractivity contribution >= 4 is 5.97 Å². The standard InChI is InChI=1S/C39H67NO11/c1-13-29(41)39(45)18-27-31-20(4)16-38(10,51-31)33(50-36-30(42)28(14-21(5)47-36)40(11)19(2)3)22(6)26(23(7)35(44)49-34(27)39)15-25-17-37(9,46-12)32(43)24(8)48-25/h19,21-30,32-34,36,41-43,45H,13-18H2,1-12H3/t21-,22+,23+,24+,25+,26-,27+,28+,29-,30-,32+,33-,34-,36?,37-,38-,39-/m1/s1. The molecule has 12 heteroatoms. The van der Waals surface area contributed by atoms with Gasteiger partial charge in [0.25, 0.3) is 0 Å². The van der Waals surface area contributed by atoms with E-state index in [0.29, 0.717) is 37.9 Å². The maximum atomic E-state index is 14.3. The third kappa shape index (κ3) is 7.40. The Balaban J connectivity index is 1.56. The first-order valence-corrected chi connectivity index (χ1v) is 19.3. The van der Waals surface area contributed by atoms with Gasteiger partial charge in [-0.2, -0.15) is 0 Å². The minimum absolute atomic E-state index is 0.172. The van der Waals surface area contributed by atoms with Gasteiger partial charge in [-0.05, 0) is 98.6 Å². The van der Waals surface area contributed by atoms with Crippen LogP contribution in [0.15, 0.2) is 11.3 Å². The fourth-order valence-electron chi connectivity index (χ4n) is 9.94. The Labute approximate surface area is 305 Å². The highest BCUT2D eigenvalue weighted by molar-refractivity contribution is 5.73. The van der Waals surface area contributed by atoms with E-state index in [-0.39, 0.29) is 36.6 Å². The molecule has 294 valence electrons. The highest BCUT2D eigenvalue weighted by Gasteiger charge is 2.64. The predicted molar refractivity (Wildman–Crippen MR) is 189 cm³/mol. The van der Waals surface area contributed by atoms with Crippen LogP contribution in [0.2, 0.25) is 0 Å². The van der Waals surface area contributed by atoms with E-state index in [2.05, 4.69) is 25.7 Å². The van der Waals surface area contributed by atoms with E-state index in [1.807, 2.05) is 48.6 Å². The van der Waals surface area contributed by atoms with Gasteiger partial charge in [-0.1, -0.05) is 20.8 Å². The maximum Gasteiger partial charge on any atom is 0.309 e. The summed E-state index contributed by atoms with van der Waals surface area (Å²) < 4.78 is 38.8. The Bertz CT molecular complexity index is 1280. The SMILES string of the molecule is CC[C@@H](O)[C@]1(O)C[C@H]2C3=C(C)C[C@@](C)(O3)[C@H](OC3O[C@H](C)C[C@H](N(C)C(C)C)[C@H]3O)[C@@H](C)[C@@H](C[C@H]3C[C@@](C)(OC)[C@@H](O)[C@H](C)O3)[C@H](C)C(=O)O[C@H]21. The number of fused-ring (bicyclic) bond motifs is 4. The molecule has 0 aromatic heterocycles. The quantitative estimate of drug-likeness (QED) is 0.256. The largest absolute Gasteiger partial charge is 0.488 e. The number of hydrogen-bond donors (Lipinski definition) is 4. The third-order valence-electron chi connectivity index (χ3n) is 13.4. The lowest BCUT2D eigenvalue weighted by Gasteiger charge is -2.53. The van der Waals surface area contributed by atoms with E-state index >= 15 is 0 Å². The van der Waals surface area contributed by atoms with Crippen LogP contribution in [0.25, 0.3) is 0 Å². The summed E-state index contributed by atoms with van der Waals surface area (Å²) in [5.41, 5.74) is -2.42. The van der Waals surface area contributed by atoms with Crippen LogP contribution < -0.4 is 0 Å². The van der Waals surface area contributed by atoms with Crippen LogP contribution in [-0.4, -0.2) is 129 Å². The summed E-state index contributed by atoms with van der Waals surface area (Å²) in [6.07, 6.45) is -4.01. The topological polar surface area (TPSA) is 157 Å². The lowest BCUT2D eigenvalue weighted by atomic mass is 9.63. The van der Waals surface area contributed by atoms with Crippen LogP contribution in [0.5, 0.6) is 0 Å². The van der Waals surface area contributed by atoms with Crippen LogP contribution in [0.3, 0.4) is 0 Å². The van der Waals surface area contributed by atoms with Gasteiger partial charge in [-0.25, -0.2) is 0 Å². The minimum atomic E-state index is -1.61. The van der Waals surface area contributed by atoms with Crippen molar-refractivity contribution in [2.45, 2.75) is 192 Å². The van der Waals surface area contributed by atoms with Crippen LogP contribution >= 0.6 is 0 Å². The Morgan fingerprint density at radius 3 is 2.35 bits per heavy atom. The second-order valence-corrected chi connectivity index (χ2v) is 17.4. The predicted octanol–water partition coefficient (Wildman–Crippen LogP) is 3.70. The van der Waals surface area contributed by atoms with E-state index in [0.717, 1.165) is 5.57 Å². The minimum Gasteiger partial charge on any atom is -0.488 e. The Hall–Kier alpha value is -1.35. The molecule has 51 heavy (non-hydrogen) atoms. The molecule has 2 bridgehead atoms.